The van der Waals surface area contributed by atoms with Gasteiger partial charge < -0.3 is 9.80 Å². The Labute approximate surface area is 195 Å². The standard InChI is InChI=1S/C22H21FN6O2S2/c23-17-4-6-18(7-5-17)28-10-12-29(13-11-28)21-14-16(8-9-24-21)15-25-33(30,31)20-3-1-2-19-22(20)27-32-26-19/h1-9,14,25H,10-13,15H2. The highest BCUT2D eigenvalue weighted by Gasteiger charge is 2.21. The summed E-state index contributed by atoms with van der Waals surface area (Å²) in [6.07, 6.45) is 1.69. The van der Waals surface area contributed by atoms with Crippen LogP contribution >= 0.6 is 11.7 Å². The molecule has 11 heteroatoms. The fourth-order valence-electron chi connectivity index (χ4n) is 3.84. The van der Waals surface area contributed by atoms with E-state index >= 15 is 0 Å². The molecular formula is C22H21FN6O2S2. The third kappa shape index (κ3) is 4.65. The summed E-state index contributed by atoms with van der Waals surface area (Å²) in [6.45, 7) is 3.24. The van der Waals surface area contributed by atoms with Gasteiger partial charge in [0.25, 0.3) is 0 Å². The largest absolute Gasteiger partial charge is 0.368 e. The Hall–Kier alpha value is -3.15. The number of rotatable bonds is 6. The molecular weight excluding hydrogens is 463 g/mol. The van der Waals surface area contributed by atoms with Crippen molar-refractivity contribution < 1.29 is 12.8 Å². The number of halogens is 1. The van der Waals surface area contributed by atoms with E-state index in [1.54, 1.807) is 36.5 Å². The molecule has 2 aromatic carbocycles. The van der Waals surface area contributed by atoms with E-state index in [2.05, 4.69) is 28.3 Å². The lowest BCUT2D eigenvalue weighted by atomic mass is 10.2. The van der Waals surface area contributed by atoms with Crippen molar-refractivity contribution in [1.82, 2.24) is 18.5 Å². The van der Waals surface area contributed by atoms with Gasteiger partial charge in [0.2, 0.25) is 10.0 Å². The molecule has 0 unspecified atom stereocenters. The summed E-state index contributed by atoms with van der Waals surface area (Å²) in [5.74, 6) is 0.560. The molecule has 0 radical (unpaired) electrons. The van der Waals surface area contributed by atoms with Crippen molar-refractivity contribution in [3.05, 3.63) is 72.2 Å². The number of anilines is 2. The molecule has 1 N–H and O–H groups in total. The molecule has 0 spiro atoms. The van der Waals surface area contributed by atoms with Crippen LogP contribution in [0, 0.1) is 5.82 Å². The molecule has 5 rings (SSSR count). The highest BCUT2D eigenvalue weighted by Crippen LogP contribution is 2.22. The van der Waals surface area contributed by atoms with Gasteiger partial charge in [-0.25, -0.2) is 22.5 Å². The summed E-state index contributed by atoms with van der Waals surface area (Å²) in [7, 11) is -3.75. The smallest absolute Gasteiger partial charge is 0.243 e. The van der Waals surface area contributed by atoms with Gasteiger partial charge in [-0.15, -0.1) is 0 Å². The Morgan fingerprint density at radius 3 is 2.52 bits per heavy atom. The zero-order chi connectivity index (χ0) is 22.8. The maximum Gasteiger partial charge on any atom is 0.243 e. The Balaban J connectivity index is 1.24. The zero-order valence-corrected chi connectivity index (χ0v) is 19.2. The Morgan fingerprint density at radius 1 is 0.970 bits per heavy atom. The van der Waals surface area contributed by atoms with Crippen molar-refractivity contribution in [2.75, 3.05) is 36.0 Å². The monoisotopic (exact) mass is 484 g/mol. The number of hydrogen-bond donors (Lipinski definition) is 1. The Bertz CT molecular complexity index is 1370. The molecule has 33 heavy (non-hydrogen) atoms. The summed E-state index contributed by atoms with van der Waals surface area (Å²) >= 11 is 0.989. The van der Waals surface area contributed by atoms with E-state index in [1.807, 2.05) is 6.07 Å². The number of nitrogens with one attached hydrogen (secondary N) is 1. The number of hydrogen-bond acceptors (Lipinski definition) is 8. The van der Waals surface area contributed by atoms with Crippen LogP contribution in [0.5, 0.6) is 0 Å². The second-order valence-electron chi connectivity index (χ2n) is 7.69. The summed E-state index contributed by atoms with van der Waals surface area (Å²) < 4.78 is 49.8. The van der Waals surface area contributed by atoms with Gasteiger partial charge in [-0.2, -0.15) is 8.75 Å². The number of nitrogens with zero attached hydrogens (tertiary/aromatic N) is 5. The minimum absolute atomic E-state index is 0.125. The summed E-state index contributed by atoms with van der Waals surface area (Å²) in [5.41, 5.74) is 2.75. The lowest BCUT2D eigenvalue weighted by molar-refractivity contribution is 0.582. The number of aromatic nitrogens is 3. The van der Waals surface area contributed by atoms with E-state index in [9.17, 15) is 12.8 Å². The highest BCUT2D eigenvalue weighted by atomic mass is 32.2. The third-order valence-corrected chi connectivity index (χ3v) is 7.59. The van der Waals surface area contributed by atoms with Gasteiger partial charge in [-0.1, -0.05) is 6.07 Å². The third-order valence-electron chi connectivity index (χ3n) is 5.61. The predicted octanol–water partition coefficient (Wildman–Crippen LogP) is 3.03. The molecule has 0 atom stereocenters. The molecule has 0 bridgehead atoms. The molecule has 2 aromatic heterocycles. The number of pyridine rings is 1. The van der Waals surface area contributed by atoms with Crippen LogP contribution in [0.25, 0.3) is 11.0 Å². The molecule has 0 saturated carbocycles. The van der Waals surface area contributed by atoms with Crippen LogP contribution in [0.4, 0.5) is 15.9 Å². The quantitative estimate of drug-likeness (QED) is 0.450. The van der Waals surface area contributed by atoms with Gasteiger partial charge in [0, 0.05) is 44.6 Å². The molecule has 8 nitrogen and oxygen atoms in total. The van der Waals surface area contributed by atoms with Crippen LogP contribution in [-0.4, -0.2) is 48.3 Å². The fraction of sp³-hybridized carbons (Fsp3) is 0.227. The van der Waals surface area contributed by atoms with E-state index in [0.717, 1.165) is 55.0 Å². The summed E-state index contributed by atoms with van der Waals surface area (Å²) in [4.78, 5) is 8.97. The topological polar surface area (TPSA) is 91.3 Å². The second kappa shape index (κ2) is 9.00. The van der Waals surface area contributed by atoms with Crippen molar-refractivity contribution >= 4 is 44.3 Å². The minimum Gasteiger partial charge on any atom is -0.368 e. The lowest BCUT2D eigenvalue weighted by Gasteiger charge is -2.36. The van der Waals surface area contributed by atoms with E-state index < -0.39 is 10.0 Å². The maximum atomic E-state index is 13.2. The summed E-state index contributed by atoms with van der Waals surface area (Å²) in [5, 5.41) is 0. The zero-order valence-electron chi connectivity index (χ0n) is 17.6. The molecule has 1 aliphatic rings. The Kier molecular flexibility index (Phi) is 5.92. The molecule has 0 amide bonds. The van der Waals surface area contributed by atoms with Crippen molar-refractivity contribution in [2.24, 2.45) is 0 Å². The average Bonchev–Trinajstić information content (AvgIpc) is 3.33. The van der Waals surface area contributed by atoms with Gasteiger partial charge in [0.15, 0.2) is 0 Å². The van der Waals surface area contributed by atoms with E-state index in [0.29, 0.717) is 11.0 Å². The molecule has 1 fully saturated rings. The van der Waals surface area contributed by atoms with Gasteiger partial charge >= 0.3 is 0 Å². The first-order valence-electron chi connectivity index (χ1n) is 10.4. The van der Waals surface area contributed by atoms with E-state index in [4.69, 9.17) is 0 Å². The van der Waals surface area contributed by atoms with Crippen LogP contribution in [-0.2, 0) is 16.6 Å². The SMILES string of the molecule is O=S(=O)(NCc1ccnc(N2CCN(c3ccc(F)cc3)CC2)c1)c1cccc2nsnc12. The van der Waals surface area contributed by atoms with Crippen LogP contribution in [0.2, 0.25) is 0 Å². The molecule has 3 heterocycles. The summed E-state index contributed by atoms with van der Waals surface area (Å²) in [6, 6.07) is 15.2. The average molecular weight is 485 g/mol. The Morgan fingerprint density at radius 2 is 1.73 bits per heavy atom. The van der Waals surface area contributed by atoms with Gasteiger partial charge in [0.05, 0.1) is 11.7 Å². The van der Waals surface area contributed by atoms with Gasteiger partial charge in [-0.3, -0.25) is 0 Å². The van der Waals surface area contributed by atoms with Crippen molar-refractivity contribution in [3.63, 3.8) is 0 Å². The van der Waals surface area contributed by atoms with E-state index in [-0.39, 0.29) is 17.3 Å². The van der Waals surface area contributed by atoms with Crippen molar-refractivity contribution in [2.45, 2.75) is 11.4 Å². The van der Waals surface area contributed by atoms with Crippen LogP contribution in [0.3, 0.4) is 0 Å². The fourth-order valence-corrected chi connectivity index (χ4v) is 5.63. The van der Waals surface area contributed by atoms with Crippen LogP contribution in [0.1, 0.15) is 5.56 Å². The second-order valence-corrected chi connectivity index (χ2v) is 9.95. The lowest BCUT2D eigenvalue weighted by Crippen LogP contribution is -2.46. The van der Waals surface area contributed by atoms with Crippen molar-refractivity contribution in [3.8, 4) is 0 Å². The van der Waals surface area contributed by atoms with Crippen LogP contribution in [0.15, 0.2) is 65.7 Å². The van der Waals surface area contributed by atoms with Gasteiger partial charge in [-0.05, 0) is 54.1 Å². The van der Waals surface area contributed by atoms with Gasteiger partial charge in [0.1, 0.15) is 27.6 Å². The molecule has 1 saturated heterocycles. The number of fused-ring (bicyclic) bond motifs is 1. The number of benzene rings is 2. The normalized spacial score (nSPS) is 14.7. The highest BCUT2D eigenvalue weighted by molar-refractivity contribution is 7.89. The van der Waals surface area contributed by atoms with E-state index in [1.165, 1.54) is 18.2 Å². The maximum absolute atomic E-state index is 13.2. The molecule has 0 aliphatic carbocycles. The number of sulfonamides is 1. The molecule has 170 valence electrons. The first-order chi connectivity index (χ1) is 16.0. The minimum atomic E-state index is -3.75. The first kappa shape index (κ1) is 21.7. The molecule has 4 aromatic rings. The van der Waals surface area contributed by atoms with Crippen molar-refractivity contribution in [1.29, 1.82) is 0 Å². The first-order valence-corrected chi connectivity index (χ1v) is 12.6. The molecule has 1 aliphatic heterocycles. The predicted molar refractivity (Wildman–Crippen MR) is 127 cm³/mol. The number of piperazine rings is 1. The van der Waals surface area contributed by atoms with Crippen LogP contribution < -0.4 is 14.5 Å².